The molecule has 4 unspecified atom stereocenters. The van der Waals surface area contributed by atoms with E-state index in [2.05, 4.69) is 22.0 Å². The molecular formula is C24H18BrClN4O3. The van der Waals surface area contributed by atoms with E-state index in [0.717, 1.165) is 0 Å². The van der Waals surface area contributed by atoms with Crippen molar-refractivity contribution in [3.05, 3.63) is 63.1 Å². The van der Waals surface area contributed by atoms with E-state index in [0.29, 0.717) is 33.0 Å². The number of hydrogen-bond donors (Lipinski definition) is 1. The van der Waals surface area contributed by atoms with E-state index in [9.17, 15) is 15.8 Å². The summed E-state index contributed by atoms with van der Waals surface area (Å²) < 4.78 is 19.0. The highest BCUT2D eigenvalue weighted by atomic mass is 79.9. The zero-order valence-electron chi connectivity index (χ0n) is 17.7. The zero-order chi connectivity index (χ0) is 24.0. The van der Waals surface area contributed by atoms with Crippen LogP contribution in [0.5, 0.6) is 5.75 Å². The maximum Gasteiger partial charge on any atom is 0.244 e. The molecule has 1 N–H and O–H groups in total. The van der Waals surface area contributed by atoms with Gasteiger partial charge in [-0.05, 0) is 37.3 Å². The summed E-state index contributed by atoms with van der Waals surface area (Å²) in [6.45, 7) is 3.80. The van der Waals surface area contributed by atoms with Crippen molar-refractivity contribution in [3.63, 3.8) is 0 Å². The molecule has 0 saturated carbocycles. The van der Waals surface area contributed by atoms with Crippen LogP contribution in [0, 0.1) is 56.2 Å². The first-order chi connectivity index (χ1) is 15.8. The van der Waals surface area contributed by atoms with Gasteiger partial charge in [-0.1, -0.05) is 46.6 Å². The molecule has 0 amide bonds. The van der Waals surface area contributed by atoms with Crippen molar-refractivity contribution < 1.29 is 14.2 Å². The van der Waals surface area contributed by atoms with Gasteiger partial charge < -0.3 is 14.2 Å². The number of nitrogens with zero attached hydrogens (tertiary/aromatic N) is 3. The number of fused-ring (bicyclic) bond motifs is 2. The minimum atomic E-state index is -2.09. The summed E-state index contributed by atoms with van der Waals surface area (Å²) in [5.41, 5.74) is -3.07. The largest absolute Gasteiger partial charge is 0.493 e. The third-order valence-electron chi connectivity index (χ3n) is 6.47. The zero-order valence-corrected chi connectivity index (χ0v) is 20.1. The average Bonchev–Trinajstić information content (AvgIpc) is 2.97. The number of halogens is 2. The van der Waals surface area contributed by atoms with Gasteiger partial charge in [0, 0.05) is 20.6 Å². The van der Waals surface area contributed by atoms with Gasteiger partial charge >= 0.3 is 0 Å². The summed E-state index contributed by atoms with van der Waals surface area (Å²) in [6, 6.07) is 18.0. The number of hydrogen-bond acceptors (Lipinski definition) is 7. The number of rotatable bonds is 4. The van der Waals surface area contributed by atoms with E-state index in [4.69, 9.17) is 31.2 Å². The van der Waals surface area contributed by atoms with Crippen LogP contribution in [0.15, 0.2) is 46.9 Å². The maximum atomic E-state index is 10.4. The predicted molar refractivity (Wildman–Crippen MR) is 122 cm³/mol. The van der Waals surface area contributed by atoms with Gasteiger partial charge in [0.15, 0.2) is 5.41 Å². The van der Waals surface area contributed by atoms with Crippen LogP contribution in [0.2, 0.25) is 5.02 Å². The van der Waals surface area contributed by atoms with Crippen molar-refractivity contribution in [2.45, 2.75) is 25.7 Å². The second kappa shape index (κ2) is 8.04. The van der Waals surface area contributed by atoms with Crippen LogP contribution in [-0.2, 0) is 15.3 Å². The summed E-state index contributed by atoms with van der Waals surface area (Å²) in [5.74, 6) is -2.53. The lowest BCUT2D eigenvalue weighted by Gasteiger charge is -2.49. The van der Waals surface area contributed by atoms with Crippen LogP contribution in [0.4, 0.5) is 0 Å². The van der Waals surface area contributed by atoms with Gasteiger partial charge in [0.1, 0.15) is 11.9 Å². The van der Waals surface area contributed by atoms with Gasteiger partial charge in [-0.25, -0.2) is 0 Å². The van der Waals surface area contributed by atoms with Crippen molar-refractivity contribution in [2.24, 2.45) is 16.7 Å². The summed E-state index contributed by atoms with van der Waals surface area (Å²) >= 11 is 9.50. The Kier molecular flexibility index (Phi) is 5.63. The van der Waals surface area contributed by atoms with Crippen LogP contribution in [-0.4, -0.2) is 12.5 Å². The van der Waals surface area contributed by atoms with E-state index in [1.54, 1.807) is 49.4 Å². The predicted octanol–water partition coefficient (Wildman–Crippen LogP) is 5.61. The molecule has 9 heteroatoms. The molecule has 2 aromatic rings. The molecule has 166 valence electrons. The number of ether oxygens (including phenoxy) is 3. The first-order valence-corrected chi connectivity index (χ1v) is 11.3. The fraction of sp³-hybridized carbons (Fsp3) is 0.333. The Hall–Kier alpha value is -3.09. The Morgan fingerprint density at radius 1 is 1.12 bits per heavy atom. The quantitative estimate of drug-likeness (QED) is 0.553. The normalized spacial score (nSPS) is 29.3. The van der Waals surface area contributed by atoms with Gasteiger partial charge in [-0.3, -0.25) is 5.41 Å². The highest BCUT2D eigenvalue weighted by molar-refractivity contribution is 9.10. The topological polar surface area (TPSA) is 123 Å². The molecule has 2 aliphatic rings. The van der Waals surface area contributed by atoms with E-state index in [1.165, 1.54) is 0 Å². The van der Waals surface area contributed by atoms with Gasteiger partial charge in [-0.15, -0.1) is 0 Å². The molecule has 0 spiro atoms. The standard InChI is InChI=1S/C24H18BrClN4O3/c1-3-31-19-9-6-16(25)10-18(19)20-22(11-27,12-28)23(13-29)14(2)24(32-20,33-21(23)30)15-4-7-17(26)8-5-15/h4-10,14,20,30H,3H2,1-2H3. The van der Waals surface area contributed by atoms with Crippen LogP contribution < -0.4 is 4.74 Å². The first-order valence-electron chi connectivity index (χ1n) is 10.1. The summed E-state index contributed by atoms with van der Waals surface area (Å²) in [7, 11) is 0. The molecule has 2 aliphatic heterocycles. The molecule has 33 heavy (non-hydrogen) atoms. The maximum absolute atomic E-state index is 10.4. The Labute approximate surface area is 204 Å². The van der Waals surface area contributed by atoms with Crippen LogP contribution in [0.25, 0.3) is 0 Å². The lowest BCUT2D eigenvalue weighted by molar-refractivity contribution is -0.288. The van der Waals surface area contributed by atoms with E-state index in [-0.39, 0.29) is 0 Å². The fourth-order valence-corrected chi connectivity index (χ4v) is 5.35. The molecule has 4 atom stereocenters. The van der Waals surface area contributed by atoms with Crippen molar-refractivity contribution in [1.29, 1.82) is 21.2 Å². The van der Waals surface area contributed by atoms with Gasteiger partial charge in [0.05, 0.1) is 30.7 Å². The third kappa shape index (κ3) is 2.90. The molecule has 2 aromatic carbocycles. The Morgan fingerprint density at radius 3 is 2.36 bits per heavy atom. The first kappa shape index (κ1) is 23.1. The van der Waals surface area contributed by atoms with E-state index < -0.39 is 34.5 Å². The summed E-state index contributed by atoms with van der Waals surface area (Å²) in [4.78, 5) is 0. The number of benzene rings is 2. The highest BCUT2D eigenvalue weighted by Crippen LogP contribution is 2.69. The monoisotopic (exact) mass is 524 g/mol. The fourth-order valence-electron chi connectivity index (χ4n) is 4.84. The molecular weight excluding hydrogens is 508 g/mol. The van der Waals surface area contributed by atoms with Gasteiger partial charge in [0.2, 0.25) is 17.1 Å². The summed E-state index contributed by atoms with van der Waals surface area (Å²) in [5, 5.41) is 40.3. The SMILES string of the molecule is CCOc1ccc(Br)cc1C1OC2(c3ccc(Cl)cc3)OC(=N)C(C#N)(C2C)C1(C#N)C#N. The number of nitriles is 3. The Bertz CT molecular complexity index is 1250. The van der Waals surface area contributed by atoms with Crippen molar-refractivity contribution in [2.75, 3.05) is 6.61 Å². The van der Waals surface area contributed by atoms with Crippen LogP contribution >= 0.6 is 27.5 Å². The summed E-state index contributed by atoms with van der Waals surface area (Å²) in [6.07, 6.45) is -1.26. The molecule has 2 saturated heterocycles. The van der Waals surface area contributed by atoms with E-state index in [1.807, 2.05) is 19.1 Å². The smallest absolute Gasteiger partial charge is 0.244 e. The van der Waals surface area contributed by atoms with Crippen molar-refractivity contribution in [1.82, 2.24) is 0 Å². The molecule has 4 rings (SSSR count). The minimum Gasteiger partial charge on any atom is -0.493 e. The molecule has 7 nitrogen and oxygen atoms in total. The van der Waals surface area contributed by atoms with Gasteiger partial charge in [-0.2, -0.15) is 15.8 Å². The van der Waals surface area contributed by atoms with Crippen molar-refractivity contribution in [3.8, 4) is 24.0 Å². The Morgan fingerprint density at radius 2 is 1.79 bits per heavy atom. The molecule has 0 radical (unpaired) electrons. The van der Waals surface area contributed by atoms with Crippen LogP contribution in [0.1, 0.15) is 31.1 Å². The van der Waals surface area contributed by atoms with Crippen molar-refractivity contribution >= 4 is 33.4 Å². The van der Waals surface area contributed by atoms with E-state index >= 15 is 0 Å². The second-order valence-electron chi connectivity index (χ2n) is 7.89. The molecule has 2 bridgehead atoms. The molecule has 2 fully saturated rings. The lowest BCUT2D eigenvalue weighted by atomic mass is 9.53. The average molecular weight is 526 g/mol. The molecule has 2 heterocycles. The highest BCUT2D eigenvalue weighted by Gasteiger charge is 2.80. The lowest BCUT2D eigenvalue weighted by Crippen LogP contribution is -2.57. The molecule has 0 aliphatic carbocycles. The van der Waals surface area contributed by atoms with Gasteiger partial charge in [0.25, 0.3) is 0 Å². The second-order valence-corrected chi connectivity index (χ2v) is 9.24. The minimum absolute atomic E-state index is 0.335. The Balaban J connectivity index is 2.06. The molecule has 0 aromatic heterocycles. The third-order valence-corrected chi connectivity index (χ3v) is 7.21. The van der Waals surface area contributed by atoms with Crippen LogP contribution in [0.3, 0.4) is 0 Å². The number of nitrogens with one attached hydrogen (secondary N) is 1.